The Labute approximate surface area is 85.3 Å². The molecule has 0 spiro atoms. The van der Waals surface area contributed by atoms with Gasteiger partial charge in [-0.2, -0.15) is 0 Å². The number of hydrogen-bond donors (Lipinski definition) is 3. The molecule has 3 nitrogen and oxygen atoms in total. The minimum Gasteiger partial charge on any atom is -0.364 e. The van der Waals surface area contributed by atoms with Gasteiger partial charge in [-0.3, -0.25) is 0 Å². The van der Waals surface area contributed by atoms with Crippen molar-refractivity contribution in [2.75, 3.05) is 13.1 Å². The van der Waals surface area contributed by atoms with Crippen molar-refractivity contribution in [3.05, 3.63) is 24.0 Å². The van der Waals surface area contributed by atoms with Crippen molar-refractivity contribution in [3.8, 4) is 0 Å². The first-order chi connectivity index (χ1) is 6.86. The summed E-state index contributed by atoms with van der Waals surface area (Å²) in [5, 5.41) is 7.02. The molecular formula is C11H19N3. The van der Waals surface area contributed by atoms with E-state index >= 15 is 0 Å². The number of nitrogens with one attached hydrogen (secondary N) is 3. The van der Waals surface area contributed by atoms with Gasteiger partial charge in [0.15, 0.2) is 0 Å². The summed E-state index contributed by atoms with van der Waals surface area (Å²) >= 11 is 0. The van der Waals surface area contributed by atoms with Crippen LogP contribution in [0.4, 0.5) is 0 Å². The highest BCUT2D eigenvalue weighted by molar-refractivity contribution is 5.08. The van der Waals surface area contributed by atoms with Gasteiger partial charge >= 0.3 is 0 Å². The Bertz CT molecular complexity index is 250. The summed E-state index contributed by atoms with van der Waals surface area (Å²) in [7, 11) is 0. The van der Waals surface area contributed by atoms with E-state index in [2.05, 4.69) is 34.7 Å². The van der Waals surface area contributed by atoms with Crippen LogP contribution in [0.2, 0.25) is 0 Å². The lowest BCUT2D eigenvalue weighted by atomic mass is 10.1. The van der Waals surface area contributed by atoms with E-state index in [1.165, 1.54) is 18.5 Å². The van der Waals surface area contributed by atoms with Crippen molar-refractivity contribution in [2.24, 2.45) is 0 Å². The Balaban J connectivity index is 1.84. The average Bonchev–Trinajstić information content (AvgIpc) is 2.72. The zero-order valence-corrected chi connectivity index (χ0v) is 8.72. The van der Waals surface area contributed by atoms with Gasteiger partial charge in [-0.05, 0) is 45.0 Å². The number of rotatable bonds is 3. The molecule has 0 amide bonds. The molecule has 3 N–H and O–H groups in total. The van der Waals surface area contributed by atoms with Crippen LogP contribution < -0.4 is 10.6 Å². The zero-order valence-electron chi connectivity index (χ0n) is 8.72. The molecule has 0 saturated carbocycles. The number of aromatic amines is 1. The summed E-state index contributed by atoms with van der Waals surface area (Å²) in [4.78, 5) is 3.25. The van der Waals surface area contributed by atoms with Crippen LogP contribution in [0.1, 0.15) is 31.5 Å². The van der Waals surface area contributed by atoms with Crippen LogP contribution in [0, 0.1) is 0 Å². The standard InChI is InChI=1S/C11H19N3/c1-9(11-3-2-6-13-11)14-10-4-7-12-8-5-10/h2-3,6,9-10,12-14H,4-5,7-8H2,1H3/t9-/m0/s1. The van der Waals surface area contributed by atoms with Gasteiger partial charge in [-0.1, -0.05) is 0 Å². The lowest BCUT2D eigenvalue weighted by molar-refractivity contribution is 0.357. The first-order valence-electron chi connectivity index (χ1n) is 5.46. The monoisotopic (exact) mass is 193 g/mol. The number of hydrogen-bond acceptors (Lipinski definition) is 2. The van der Waals surface area contributed by atoms with Gasteiger partial charge in [0, 0.05) is 24.0 Å². The summed E-state index contributed by atoms with van der Waals surface area (Å²) in [6.45, 7) is 4.51. The molecule has 1 fully saturated rings. The van der Waals surface area contributed by atoms with Crippen LogP contribution in [-0.4, -0.2) is 24.1 Å². The Kier molecular flexibility index (Phi) is 3.22. The van der Waals surface area contributed by atoms with E-state index in [0.29, 0.717) is 12.1 Å². The highest BCUT2D eigenvalue weighted by atomic mass is 15.0. The van der Waals surface area contributed by atoms with Gasteiger partial charge in [0.05, 0.1) is 0 Å². The van der Waals surface area contributed by atoms with Gasteiger partial charge in [0.25, 0.3) is 0 Å². The fraction of sp³-hybridized carbons (Fsp3) is 0.636. The lowest BCUT2D eigenvalue weighted by Crippen LogP contribution is -2.41. The molecule has 1 aliphatic rings. The summed E-state index contributed by atoms with van der Waals surface area (Å²) in [6.07, 6.45) is 4.46. The Hall–Kier alpha value is -0.800. The second kappa shape index (κ2) is 4.62. The molecule has 78 valence electrons. The summed E-state index contributed by atoms with van der Waals surface area (Å²) < 4.78 is 0. The maximum absolute atomic E-state index is 3.65. The predicted octanol–water partition coefficient (Wildman–Crippen LogP) is 1.42. The van der Waals surface area contributed by atoms with E-state index in [4.69, 9.17) is 0 Å². The molecule has 0 radical (unpaired) electrons. The molecule has 2 rings (SSSR count). The fourth-order valence-corrected chi connectivity index (χ4v) is 2.05. The van der Waals surface area contributed by atoms with Crippen LogP contribution in [-0.2, 0) is 0 Å². The van der Waals surface area contributed by atoms with Gasteiger partial charge in [-0.25, -0.2) is 0 Å². The highest BCUT2D eigenvalue weighted by Gasteiger charge is 2.15. The molecule has 0 unspecified atom stereocenters. The summed E-state index contributed by atoms with van der Waals surface area (Å²) in [5.41, 5.74) is 1.28. The van der Waals surface area contributed by atoms with Gasteiger partial charge in [0.2, 0.25) is 0 Å². The molecule has 1 saturated heterocycles. The third-order valence-electron chi connectivity index (χ3n) is 2.91. The zero-order chi connectivity index (χ0) is 9.80. The van der Waals surface area contributed by atoms with Crippen molar-refractivity contribution >= 4 is 0 Å². The van der Waals surface area contributed by atoms with E-state index in [1.54, 1.807) is 0 Å². The third-order valence-corrected chi connectivity index (χ3v) is 2.91. The number of aromatic nitrogens is 1. The van der Waals surface area contributed by atoms with E-state index in [1.807, 2.05) is 6.20 Å². The van der Waals surface area contributed by atoms with Crippen LogP contribution in [0.3, 0.4) is 0 Å². The van der Waals surface area contributed by atoms with E-state index < -0.39 is 0 Å². The molecule has 3 heteroatoms. The fourth-order valence-electron chi connectivity index (χ4n) is 2.05. The largest absolute Gasteiger partial charge is 0.364 e. The van der Waals surface area contributed by atoms with Crippen LogP contribution >= 0.6 is 0 Å². The van der Waals surface area contributed by atoms with Crippen LogP contribution in [0.5, 0.6) is 0 Å². The van der Waals surface area contributed by atoms with E-state index in [0.717, 1.165) is 13.1 Å². The molecule has 0 aromatic carbocycles. The minimum absolute atomic E-state index is 0.438. The summed E-state index contributed by atoms with van der Waals surface area (Å²) in [6, 6.07) is 5.30. The van der Waals surface area contributed by atoms with Crippen molar-refractivity contribution in [3.63, 3.8) is 0 Å². The SMILES string of the molecule is C[C@H](NC1CCNCC1)c1ccc[nH]1. The normalized spacial score (nSPS) is 20.9. The molecule has 1 atom stereocenters. The van der Waals surface area contributed by atoms with Crippen LogP contribution in [0.25, 0.3) is 0 Å². The van der Waals surface area contributed by atoms with Gasteiger partial charge in [-0.15, -0.1) is 0 Å². The Morgan fingerprint density at radius 3 is 2.86 bits per heavy atom. The minimum atomic E-state index is 0.438. The summed E-state index contributed by atoms with van der Waals surface area (Å²) in [5.74, 6) is 0. The third kappa shape index (κ3) is 2.36. The van der Waals surface area contributed by atoms with E-state index in [9.17, 15) is 0 Å². The number of piperidine rings is 1. The highest BCUT2D eigenvalue weighted by Crippen LogP contribution is 2.12. The van der Waals surface area contributed by atoms with Gasteiger partial charge in [0.1, 0.15) is 0 Å². The molecule has 1 aromatic heterocycles. The first-order valence-corrected chi connectivity index (χ1v) is 5.46. The van der Waals surface area contributed by atoms with Crippen molar-refractivity contribution < 1.29 is 0 Å². The van der Waals surface area contributed by atoms with E-state index in [-0.39, 0.29) is 0 Å². The smallest absolute Gasteiger partial charge is 0.0446 e. The second-order valence-corrected chi connectivity index (χ2v) is 4.04. The average molecular weight is 193 g/mol. The second-order valence-electron chi connectivity index (χ2n) is 4.04. The molecule has 0 bridgehead atoms. The maximum Gasteiger partial charge on any atom is 0.0446 e. The molecule has 1 aliphatic heterocycles. The van der Waals surface area contributed by atoms with Crippen molar-refractivity contribution in [2.45, 2.75) is 31.8 Å². The van der Waals surface area contributed by atoms with Crippen molar-refractivity contribution in [1.29, 1.82) is 0 Å². The Morgan fingerprint density at radius 2 is 2.21 bits per heavy atom. The Morgan fingerprint density at radius 1 is 1.43 bits per heavy atom. The first kappa shape index (κ1) is 9.74. The lowest BCUT2D eigenvalue weighted by Gasteiger charge is -2.26. The quantitative estimate of drug-likeness (QED) is 0.679. The number of H-pyrrole nitrogens is 1. The molecule has 1 aromatic rings. The topological polar surface area (TPSA) is 39.8 Å². The van der Waals surface area contributed by atoms with Crippen LogP contribution in [0.15, 0.2) is 18.3 Å². The van der Waals surface area contributed by atoms with Crippen molar-refractivity contribution in [1.82, 2.24) is 15.6 Å². The molecule has 14 heavy (non-hydrogen) atoms. The molecule has 0 aliphatic carbocycles. The molecular weight excluding hydrogens is 174 g/mol. The predicted molar refractivity (Wildman–Crippen MR) is 58.2 cm³/mol. The maximum atomic E-state index is 3.65. The van der Waals surface area contributed by atoms with Gasteiger partial charge < -0.3 is 15.6 Å². The molecule has 2 heterocycles.